The highest BCUT2D eigenvalue weighted by Gasteiger charge is 2.05. The molecular weight excluding hydrogens is 190 g/mol. The number of benzene rings is 1. The van der Waals surface area contributed by atoms with Crippen LogP contribution < -0.4 is 5.73 Å². The number of hydrogen-bond acceptors (Lipinski definition) is 3. The quantitative estimate of drug-likeness (QED) is 0.467. The second-order valence-corrected chi connectivity index (χ2v) is 3.45. The molecule has 0 unspecified atom stereocenters. The van der Waals surface area contributed by atoms with Crippen molar-refractivity contribution in [3.63, 3.8) is 0 Å². The molecule has 0 atom stereocenters. The van der Waals surface area contributed by atoms with Gasteiger partial charge in [-0.05, 0) is 5.56 Å². The van der Waals surface area contributed by atoms with Gasteiger partial charge in [0.25, 0.3) is 0 Å². The summed E-state index contributed by atoms with van der Waals surface area (Å²) in [5.74, 6) is 0.124. The molecule has 0 amide bonds. The van der Waals surface area contributed by atoms with E-state index >= 15 is 0 Å². The van der Waals surface area contributed by atoms with Crippen LogP contribution in [0.4, 0.5) is 0 Å². The lowest BCUT2D eigenvalue weighted by Gasteiger charge is -2.20. The SMILES string of the molecule is N=C(N)CN(CCO)Cc1ccccc1. The summed E-state index contributed by atoms with van der Waals surface area (Å²) in [5, 5.41) is 16.1. The highest BCUT2D eigenvalue weighted by Crippen LogP contribution is 2.03. The summed E-state index contributed by atoms with van der Waals surface area (Å²) >= 11 is 0. The lowest BCUT2D eigenvalue weighted by molar-refractivity contribution is 0.207. The number of amidine groups is 1. The first kappa shape index (κ1) is 11.7. The molecule has 0 saturated carbocycles. The van der Waals surface area contributed by atoms with Gasteiger partial charge in [-0.1, -0.05) is 30.3 Å². The smallest absolute Gasteiger partial charge is 0.105 e. The average molecular weight is 207 g/mol. The van der Waals surface area contributed by atoms with Crippen LogP contribution in [0.5, 0.6) is 0 Å². The summed E-state index contributed by atoms with van der Waals surface area (Å²) < 4.78 is 0. The second-order valence-electron chi connectivity index (χ2n) is 3.45. The Balaban J connectivity index is 2.54. The van der Waals surface area contributed by atoms with Crippen molar-refractivity contribution in [2.75, 3.05) is 19.7 Å². The fraction of sp³-hybridized carbons (Fsp3) is 0.364. The largest absolute Gasteiger partial charge is 0.395 e. The minimum atomic E-state index is 0.0834. The van der Waals surface area contributed by atoms with Gasteiger partial charge in [0.05, 0.1) is 13.2 Å². The van der Waals surface area contributed by atoms with E-state index in [1.165, 1.54) is 0 Å². The van der Waals surface area contributed by atoms with Crippen molar-refractivity contribution in [1.29, 1.82) is 5.41 Å². The molecule has 0 aromatic heterocycles. The van der Waals surface area contributed by atoms with Crippen LogP contribution in [0.2, 0.25) is 0 Å². The molecule has 15 heavy (non-hydrogen) atoms. The van der Waals surface area contributed by atoms with Crippen LogP contribution in [-0.2, 0) is 6.54 Å². The zero-order valence-corrected chi connectivity index (χ0v) is 8.69. The molecular formula is C11H17N3O. The average Bonchev–Trinajstić information content (AvgIpc) is 2.18. The monoisotopic (exact) mass is 207 g/mol. The van der Waals surface area contributed by atoms with Gasteiger partial charge in [-0.15, -0.1) is 0 Å². The second kappa shape index (κ2) is 6.16. The molecule has 0 aliphatic heterocycles. The first-order chi connectivity index (χ1) is 7.22. The minimum absolute atomic E-state index is 0.0834. The molecule has 1 aromatic carbocycles. The Morgan fingerprint density at radius 3 is 2.53 bits per heavy atom. The molecule has 0 bridgehead atoms. The molecule has 1 aromatic rings. The molecule has 4 N–H and O–H groups in total. The number of aliphatic hydroxyl groups is 1. The molecule has 0 saturated heterocycles. The Morgan fingerprint density at radius 1 is 1.33 bits per heavy atom. The third kappa shape index (κ3) is 4.58. The van der Waals surface area contributed by atoms with Crippen molar-refractivity contribution >= 4 is 5.84 Å². The molecule has 4 heteroatoms. The number of nitrogens with zero attached hydrogens (tertiary/aromatic N) is 1. The van der Waals surface area contributed by atoms with Crippen molar-refractivity contribution in [3.8, 4) is 0 Å². The summed E-state index contributed by atoms with van der Waals surface area (Å²) in [7, 11) is 0. The van der Waals surface area contributed by atoms with Crippen LogP contribution in [-0.4, -0.2) is 35.5 Å². The predicted molar refractivity (Wildman–Crippen MR) is 60.7 cm³/mol. The van der Waals surface area contributed by atoms with Gasteiger partial charge >= 0.3 is 0 Å². The normalized spacial score (nSPS) is 10.5. The number of hydrogen-bond donors (Lipinski definition) is 3. The lowest BCUT2D eigenvalue weighted by Crippen LogP contribution is -2.34. The maximum Gasteiger partial charge on any atom is 0.105 e. The molecule has 0 aliphatic rings. The van der Waals surface area contributed by atoms with E-state index in [1.807, 2.05) is 35.2 Å². The molecule has 0 fully saturated rings. The first-order valence-electron chi connectivity index (χ1n) is 4.92. The topological polar surface area (TPSA) is 73.3 Å². The van der Waals surface area contributed by atoms with Gasteiger partial charge in [0, 0.05) is 13.1 Å². The summed E-state index contributed by atoms with van der Waals surface area (Å²) in [6, 6.07) is 9.94. The van der Waals surface area contributed by atoms with Crippen LogP contribution in [0.25, 0.3) is 0 Å². The Hall–Kier alpha value is -1.39. The third-order valence-corrected chi connectivity index (χ3v) is 2.06. The Morgan fingerprint density at radius 2 is 2.00 bits per heavy atom. The van der Waals surface area contributed by atoms with E-state index in [4.69, 9.17) is 16.2 Å². The van der Waals surface area contributed by atoms with Gasteiger partial charge in [-0.2, -0.15) is 0 Å². The number of nitrogens with two attached hydrogens (primary N) is 1. The van der Waals surface area contributed by atoms with E-state index in [1.54, 1.807) is 0 Å². The summed E-state index contributed by atoms with van der Waals surface area (Å²) in [6.45, 7) is 1.73. The van der Waals surface area contributed by atoms with Crippen molar-refractivity contribution in [2.24, 2.45) is 5.73 Å². The van der Waals surface area contributed by atoms with Crippen LogP contribution in [0, 0.1) is 5.41 Å². The van der Waals surface area contributed by atoms with Gasteiger partial charge in [0.2, 0.25) is 0 Å². The highest BCUT2D eigenvalue weighted by atomic mass is 16.3. The van der Waals surface area contributed by atoms with Crippen molar-refractivity contribution in [2.45, 2.75) is 6.54 Å². The Labute approximate surface area is 89.8 Å². The van der Waals surface area contributed by atoms with E-state index in [0.717, 1.165) is 5.56 Å². The van der Waals surface area contributed by atoms with Crippen molar-refractivity contribution in [3.05, 3.63) is 35.9 Å². The molecule has 1 rings (SSSR count). The number of nitrogens with one attached hydrogen (secondary N) is 1. The standard InChI is InChI=1S/C11H17N3O/c12-11(13)9-14(6-7-15)8-10-4-2-1-3-5-10/h1-5,15H,6-9H2,(H3,12,13). The summed E-state index contributed by atoms with van der Waals surface area (Å²) in [5.41, 5.74) is 6.50. The van der Waals surface area contributed by atoms with Gasteiger partial charge < -0.3 is 10.8 Å². The molecule has 82 valence electrons. The van der Waals surface area contributed by atoms with E-state index in [2.05, 4.69) is 0 Å². The molecule has 0 spiro atoms. The minimum Gasteiger partial charge on any atom is -0.395 e. The molecule has 0 aliphatic carbocycles. The number of rotatable bonds is 6. The zero-order valence-electron chi connectivity index (χ0n) is 8.69. The van der Waals surface area contributed by atoms with Crippen molar-refractivity contribution < 1.29 is 5.11 Å². The van der Waals surface area contributed by atoms with Gasteiger partial charge in [-0.25, -0.2) is 0 Å². The summed E-state index contributed by atoms with van der Waals surface area (Å²) in [6.07, 6.45) is 0. The molecule has 0 radical (unpaired) electrons. The lowest BCUT2D eigenvalue weighted by atomic mass is 10.2. The van der Waals surface area contributed by atoms with Crippen LogP contribution >= 0.6 is 0 Å². The first-order valence-corrected chi connectivity index (χ1v) is 4.92. The predicted octanol–water partition coefficient (Wildman–Crippen LogP) is 0.417. The fourth-order valence-corrected chi connectivity index (χ4v) is 1.44. The zero-order chi connectivity index (χ0) is 11.1. The van der Waals surface area contributed by atoms with Crippen LogP contribution in [0.3, 0.4) is 0 Å². The Bertz CT molecular complexity index is 300. The fourth-order valence-electron chi connectivity index (χ4n) is 1.44. The Kier molecular flexibility index (Phi) is 4.80. The maximum absolute atomic E-state index is 8.87. The van der Waals surface area contributed by atoms with Crippen molar-refractivity contribution in [1.82, 2.24) is 4.90 Å². The highest BCUT2D eigenvalue weighted by molar-refractivity contribution is 5.78. The van der Waals surface area contributed by atoms with Gasteiger partial charge in [0.1, 0.15) is 5.84 Å². The van der Waals surface area contributed by atoms with Crippen LogP contribution in [0.1, 0.15) is 5.56 Å². The van der Waals surface area contributed by atoms with Crippen LogP contribution in [0.15, 0.2) is 30.3 Å². The van der Waals surface area contributed by atoms with E-state index in [0.29, 0.717) is 19.6 Å². The van der Waals surface area contributed by atoms with E-state index in [-0.39, 0.29) is 12.4 Å². The summed E-state index contributed by atoms with van der Waals surface area (Å²) in [4.78, 5) is 1.94. The van der Waals surface area contributed by atoms with E-state index < -0.39 is 0 Å². The molecule has 4 nitrogen and oxygen atoms in total. The van der Waals surface area contributed by atoms with E-state index in [9.17, 15) is 0 Å². The van der Waals surface area contributed by atoms with Gasteiger partial charge in [0.15, 0.2) is 0 Å². The van der Waals surface area contributed by atoms with Gasteiger partial charge in [-0.3, -0.25) is 10.3 Å². The maximum atomic E-state index is 8.87. The molecule has 0 heterocycles. The number of aliphatic hydroxyl groups excluding tert-OH is 1. The third-order valence-electron chi connectivity index (χ3n) is 2.06.